The van der Waals surface area contributed by atoms with Crippen LogP contribution in [0, 0.1) is 0 Å². The topological polar surface area (TPSA) is 0 Å². The average molecular weight is 290 g/mol. The molecule has 0 amide bonds. The van der Waals surface area contributed by atoms with Gasteiger partial charge in [-0.1, -0.05) is 34.8 Å². The zero-order chi connectivity index (χ0) is 10.5. The first-order valence-electron chi connectivity index (χ1n) is 3.94. The number of rotatable bonds is 1. The number of halogens is 5. The molecule has 0 bridgehead atoms. The van der Waals surface area contributed by atoms with Gasteiger partial charge in [0.2, 0.25) is 0 Å². The van der Waals surface area contributed by atoms with Crippen molar-refractivity contribution < 1.29 is 0 Å². The molecule has 1 atom stereocenters. The molecular formula is C9H5Cl5. The summed E-state index contributed by atoms with van der Waals surface area (Å²) in [7, 11) is 0. The number of alkyl halides is 2. The van der Waals surface area contributed by atoms with E-state index in [0.29, 0.717) is 15.1 Å². The highest BCUT2D eigenvalue weighted by atomic mass is 35.5. The van der Waals surface area contributed by atoms with Crippen LogP contribution in [-0.2, 0) is 0 Å². The predicted molar refractivity (Wildman–Crippen MR) is 63.3 cm³/mol. The molecule has 0 saturated heterocycles. The summed E-state index contributed by atoms with van der Waals surface area (Å²) in [5.41, 5.74) is 0.939. The molecule has 1 fully saturated rings. The van der Waals surface area contributed by atoms with E-state index in [1.165, 1.54) is 0 Å². The van der Waals surface area contributed by atoms with E-state index in [9.17, 15) is 0 Å². The van der Waals surface area contributed by atoms with Gasteiger partial charge in [-0.15, -0.1) is 23.2 Å². The van der Waals surface area contributed by atoms with Crippen LogP contribution in [0.4, 0.5) is 0 Å². The second-order valence-corrected chi connectivity index (χ2v) is 6.05. The van der Waals surface area contributed by atoms with Crippen molar-refractivity contribution in [3.63, 3.8) is 0 Å². The molecule has 0 aliphatic heterocycles. The highest BCUT2D eigenvalue weighted by Crippen LogP contribution is 2.60. The lowest BCUT2D eigenvalue weighted by molar-refractivity contribution is 1.11. The van der Waals surface area contributed by atoms with Crippen molar-refractivity contribution in [1.29, 1.82) is 0 Å². The van der Waals surface area contributed by atoms with Crippen molar-refractivity contribution in [3.05, 3.63) is 32.8 Å². The van der Waals surface area contributed by atoms with Gasteiger partial charge in [0.25, 0.3) is 0 Å². The van der Waals surface area contributed by atoms with Gasteiger partial charge in [0.05, 0.1) is 15.1 Å². The largest absolute Gasteiger partial charge is 0.125 e. The van der Waals surface area contributed by atoms with E-state index in [-0.39, 0.29) is 5.92 Å². The molecule has 1 aliphatic rings. The molecule has 1 saturated carbocycles. The van der Waals surface area contributed by atoms with Crippen LogP contribution in [0.5, 0.6) is 0 Å². The monoisotopic (exact) mass is 288 g/mol. The van der Waals surface area contributed by atoms with Gasteiger partial charge in [-0.3, -0.25) is 0 Å². The maximum Gasteiger partial charge on any atom is 0.125 e. The van der Waals surface area contributed by atoms with Crippen molar-refractivity contribution >= 4 is 58.0 Å². The van der Waals surface area contributed by atoms with Crippen molar-refractivity contribution in [3.8, 4) is 0 Å². The van der Waals surface area contributed by atoms with Crippen LogP contribution in [0.1, 0.15) is 17.9 Å². The normalized spacial score (nSPS) is 23.6. The summed E-state index contributed by atoms with van der Waals surface area (Å²) >= 11 is 29.4. The quantitative estimate of drug-likeness (QED) is 0.486. The fraction of sp³-hybridized carbons (Fsp3) is 0.333. The van der Waals surface area contributed by atoms with Crippen LogP contribution in [0.3, 0.4) is 0 Å². The number of hydrogen-bond acceptors (Lipinski definition) is 0. The van der Waals surface area contributed by atoms with Crippen LogP contribution >= 0.6 is 58.0 Å². The van der Waals surface area contributed by atoms with Crippen LogP contribution < -0.4 is 0 Å². The first-order chi connectivity index (χ1) is 6.42. The number of hydrogen-bond donors (Lipinski definition) is 0. The minimum atomic E-state index is -0.666. The van der Waals surface area contributed by atoms with E-state index in [4.69, 9.17) is 58.0 Å². The van der Waals surface area contributed by atoms with Gasteiger partial charge in [-0.05, 0) is 24.1 Å². The average Bonchev–Trinajstić information content (AvgIpc) is 2.70. The summed E-state index contributed by atoms with van der Waals surface area (Å²) in [5, 5.41) is 1.24. The van der Waals surface area contributed by atoms with E-state index >= 15 is 0 Å². The molecule has 5 heteroatoms. The van der Waals surface area contributed by atoms with E-state index < -0.39 is 4.33 Å². The van der Waals surface area contributed by atoms with Crippen LogP contribution in [-0.4, -0.2) is 4.33 Å². The Labute approximate surface area is 107 Å². The molecule has 1 aromatic carbocycles. The van der Waals surface area contributed by atoms with Crippen molar-refractivity contribution in [2.75, 3.05) is 0 Å². The fourth-order valence-electron chi connectivity index (χ4n) is 1.35. The zero-order valence-corrected chi connectivity index (χ0v) is 10.6. The third-order valence-corrected chi connectivity index (χ3v) is 4.27. The van der Waals surface area contributed by atoms with Crippen LogP contribution in [0.25, 0.3) is 0 Å². The van der Waals surface area contributed by atoms with Gasteiger partial charge in [-0.2, -0.15) is 0 Å². The number of benzene rings is 1. The molecule has 0 radical (unpaired) electrons. The summed E-state index contributed by atoms with van der Waals surface area (Å²) in [4.78, 5) is 0. The summed E-state index contributed by atoms with van der Waals surface area (Å²) < 4.78 is -0.666. The molecule has 2 rings (SSSR count). The first kappa shape index (κ1) is 11.2. The zero-order valence-electron chi connectivity index (χ0n) is 6.83. The van der Waals surface area contributed by atoms with Gasteiger partial charge in [0, 0.05) is 5.92 Å². The maximum absolute atomic E-state index is 5.93. The van der Waals surface area contributed by atoms with Crippen LogP contribution in [0.2, 0.25) is 15.1 Å². The lowest BCUT2D eigenvalue weighted by Gasteiger charge is -2.05. The standard InChI is InChI=1S/C9H5Cl5/c10-6-1-4(2-7(11)8(6)12)5-3-9(5,13)14/h1-2,5H,3H2/t5-/m1/s1. The Balaban J connectivity index is 2.38. The smallest absolute Gasteiger partial charge is 0.101 e. The summed E-state index contributed by atoms with van der Waals surface area (Å²) in [6.45, 7) is 0. The molecule has 0 N–H and O–H groups in total. The van der Waals surface area contributed by atoms with E-state index in [1.54, 1.807) is 12.1 Å². The lowest BCUT2D eigenvalue weighted by atomic mass is 10.1. The highest BCUT2D eigenvalue weighted by molar-refractivity contribution is 6.51. The Morgan fingerprint density at radius 1 is 1.07 bits per heavy atom. The van der Waals surface area contributed by atoms with Gasteiger partial charge in [-0.25, -0.2) is 0 Å². The maximum atomic E-state index is 5.93. The molecule has 0 unspecified atom stereocenters. The first-order valence-corrected chi connectivity index (χ1v) is 5.83. The Morgan fingerprint density at radius 2 is 1.50 bits per heavy atom. The van der Waals surface area contributed by atoms with E-state index in [0.717, 1.165) is 12.0 Å². The summed E-state index contributed by atoms with van der Waals surface area (Å²) in [5.74, 6) is 0.109. The molecule has 14 heavy (non-hydrogen) atoms. The van der Waals surface area contributed by atoms with Gasteiger partial charge >= 0.3 is 0 Å². The van der Waals surface area contributed by atoms with Crippen LogP contribution in [0.15, 0.2) is 12.1 Å². The second kappa shape index (κ2) is 3.61. The van der Waals surface area contributed by atoms with Crippen molar-refractivity contribution in [2.45, 2.75) is 16.7 Å². The molecule has 0 heterocycles. The Kier molecular flexibility index (Phi) is 2.88. The second-order valence-electron chi connectivity index (χ2n) is 3.32. The van der Waals surface area contributed by atoms with Gasteiger partial charge < -0.3 is 0 Å². The summed E-state index contributed by atoms with van der Waals surface area (Å²) in [6, 6.07) is 3.51. The molecule has 1 aliphatic carbocycles. The predicted octanol–water partition coefficient (Wildman–Crippen LogP) is 5.31. The Bertz CT molecular complexity index is 362. The van der Waals surface area contributed by atoms with Crippen molar-refractivity contribution in [1.82, 2.24) is 0 Å². The van der Waals surface area contributed by atoms with Gasteiger partial charge in [0.1, 0.15) is 4.33 Å². The Morgan fingerprint density at radius 3 is 1.86 bits per heavy atom. The molecular weight excluding hydrogens is 285 g/mol. The van der Waals surface area contributed by atoms with Crippen molar-refractivity contribution in [2.24, 2.45) is 0 Å². The Hall–Kier alpha value is 0.670. The SMILES string of the molecule is Clc1cc([C@H]2CC2(Cl)Cl)cc(Cl)c1Cl. The third-order valence-electron chi connectivity index (χ3n) is 2.23. The van der Waals surface area contributed by atoms with E-state index in [2.05, 4.69) is 0 Å². The fourth-order valence-corrected chi connectivity index (χ4v) is 2.52. The molecule has 1 aromatic rings. The lowest BCUT2D eigenvalue weighted by Crippen LogP contribution is -1.90. The van der Waals surface area contributed by atoms with Gasteiger partial charge in [0.15, 0.2) is 0 Å². The molecule has 0 aromatic heterocycles. The van der Waals surface area contributed by atoms with E-state index in [1.807, 2.05) is 0 Å². The molecule has 0 spiro atoms. The third kappa shape index (κ3) is 1.96. The molecule has 76 valence electrons. The minimum Gasteiger partial charge on any atom is -0.101 e. The molecule has 0 nitrogen and oxygen atoms in total. The minimum absolute atomic E-state index is 0.109. The highest BCUT2D eigenvalue weighted by Gasteiger charge is 2.52. The summed E-state index contributed by atoms with van der Waals surface area (Å²) in [6.07, 6.45) is 0.727.